The Labute approximate surface area is 120 Å². The van der Waals surface area contributed by atoms with Gasteiger partial charge in [-0.3, -0.25) is 0 Å². The van der Waals surface area contributed by atoms with Crippen LogP contribution in [0.3, 0.4) is 0 Å². The van der Waals surface area contributed by atoms with Crippen molar-refractivity contribution in [3.63, 3.8) is 0 Å². The van der Waals surface area contributed by atoms with E-state index in [0.29, 0.717) is 4.88 Å². The zero-order valence-electron chi connectivity index (χ0n) is 10.8. The van der Waals surface area contributed by atoms with Crippen LogP contribution in [0.15, 0.2) is 29.2 Å². The van der Waals surface area contributed by atoms with E-state index in [0.717, 1.165) is 26.8 Å². The number of hydrogen-bond acceptors (Lipinski definition) is 4. The van der Waals surface area contributed by atoms with Gasteiger partial charge in [0.2, 0.25) is 0 Å². The number of rotatable bonds is 4. The summed E-state index contributed by atoms with van der Waals surface area (Å²) in [6, 6.07) is 7.61. The zero-order chi connectivity index (χ0) is 14.0. The molecule has 3 nitrogen and oxygen atoms in total. The fourth-order valence-electron chi connectivity index (χ4n) is 1.70. The lowest BCUT2D eigenvalue weighted by molar-refractivity contribution is 0.0702. The van der Waals surface area contributed by atoms with E-state index in [4.69, 9.17) is 10.8 Å². The molecule has 0 aliphatic heterocycles. The Bertz CT molecular complexity index is 620. The normalized spacial score (nSPS) is 10.6. The first-order chi connectivity index (χ1) is 8.97. The summed E-state index contributed by atoms with van der Waals surface area (Å²) in [5.74, 6) is -0.0932. The lowest BCUT2D eigenvalue weighted by Gasteiger charge is -2.06. The van der Waals surface area contributed by atoms with Crippen LogP contribution in [0, 0.1) is 13.8 Å². The van der Waals surface area contributed by atoms with Crippen LogP contribution in [0.5, 0.6) is 0 Å². The Morgan fingerprint density at radius 1 is 1.37 bits per heavy atom. The number of thiophene rings is 1. The van der Waals surface area contributed by atoms with Crippen molar-refractivity contribution in [3.05, 3.63) is 45.1 Å². The Morgan fingerprint density at radius 3 is 2.74 bits per heavy atom. The standard InChI is InChI=1S/C14H15NO2S2/c1-8-3-4-11(15)6-12(8)18-7-10-5-13(14(16)17)19-9(10)2/h3-6H,7,15H2,1-2H3,(H,16,17). The van der Waals surface area contributed by atoms with E-state index in [1.165, 1.54) is 16.9 Å². The number of benzene rings is 1. The van der Waals surface area contributed by atoms with Gasteiger partial charge in [-0.1, -0.05) is 6.07 Å². The first kappa shape index (κ1) is 14.0. The summed E-state index contributed by atoms with van der Waals surface area (Å²) in [6.07, 6.45) is 0. The molecule has 0 spiro atoms. The summed E-state index contributed by atoms with van der Waals surface area (Å²) in [6.45, 7) is 4.00. The molecule has 0 amide bonds. The van der Waals surface area contributed by atoms with Crippen molar-refractivity contribution in [1.82, 2.24) is 0 Å². The van der Waals surface area contributed by atoms with Gasteiger partial charge in [0.05, 0.1) is 0 Å². The summed E-state index contributed by atoms with van der Waals surface area (Å²) >= 11 is 3.01. The summed E-state index contributed by atoms with van der Waals surface area (Å²) in [4.78, 5) is 13.5. The van der Waals surface area contributed by atoms with Gasteiger partial charge in [-0.15, -0.1) is 23.1 Å². The average molecular weight is 293 g/mol. The number of nitrogens with two attached hydrogens (primary N) is 1. The van der Waals surface area contributed by atoms with Gasteiger partial charge in [-0.25, -0.2) is 4.79 Å². The number of aromatic carboxylic acids is 1. The van der Waals surface area contributed by atoms with Gasteiger partial charge < -0.3 is 10.8 Å². The van der Waals surface area contributed by atoms with Crippen LogP contribution in [0.1, 0.15) is 25.7 Å². The molecule has 0 bridgehead atoms. The molecule has 0 aliphatic carbocycles. The van der Waals surface area contributed by atoms with E-state index in [1.807, 2.05) is 32.0 Å². The molecule has 19 heavy (non-hydrogen) atoms. The molecule has 0 radical (unpaired) electrons. The minimum atomic E-state index is -0.857. The minimum absolute atomic E-state index is 0.400. The highest BCUT2D eigenvalue weighted by atomic mass is 32.2. The molecule has 0 unspecified atom stereocenters. The minimum Gasteiger partial charge on any atom is -0.477 e. The SMILES string of the molecule is Cc1ccc(N)cc1SCc1cc(C(=O)O)sc1C. The zero-order valence-corrected chi connectivity index (χ0v) is 12.4. The van der Waals surface area contributed by atoms with E-state index < -0.39 is 5.97 Å². The maximum absolute atomic E-state index is 10.9. The van der Waals surface area contributed by atoms with Crippen molar-refractivity contribution >= 4 is 34.8 Å². The third kappa shape index (κ3) is 3.30. The topological polar surface area (TPSA) is 63.3 Å². The molecule has 1 heterocycles. The van der Waals surface area contributed by atoms with Crippen LogP contribution >= 0.6 is 23.1 Å². The highest BCUT2D eigenvalue weighted by molar-refractivity contribution is 7.98. The van der Waals surface area contributed by atoms with Crippen LogP contribution in [0.25, 0.3) is 0 Å². The van der Waals surface area contributed by atoms with Crippen molar-refractivity contribution in [2.75, 3.05) is 5.73 Å². The maximum Gasteiger partial charge on any atom is 0.345 e. The lowest BCUT2D eigenvalue weighted by atomic mass is 10.2. The van der Waals surface area contributed by atoms with E-state index >= 15 is 0 Å². The average Bonchev–Trinajstić information content (AvgIpc) is 2.72. The van der Waals surface area contributed by atoms with Crippen LogP contribution < -0.4 is 5.73 Å². The van der Waals surface area contributed by atoms with Crippen LogP contribution in [-0.4, -0.2) is 11.1 Å². The predicted molar refractivity (Wildman–Crippen MR) is 81.2 cm³/mol. The summed E-state index contributed by atoms with van der Waals surface area (Å²) in [5, 5.41) is 8.98. The molecular formula is C14H15NO2S2. The molecule has 1 aromatic carbocycles. The summed E-state index contributed by atoms with van der Waals surface area (Å²) in [5.41, 5.74) is 8.80. The van der Waals surface area contributed by atoms with Gasteiger partial charge in [0.1, 0.15) is 4.88 Å². The number of carboxylic acid groups (broad SMARTS) is 1. The Balaban J connectivity index is 2.14. The second kappa shape index (κ2) is 5.67. The molecular weight excluding hydrogens is 278 g/mol. The molecule has 100 valence electrons. The van der Waals surface area contributed by atoms with Crippen molar-refractivity contribution in [2.45, 2.75) is 24.5 Å². The van der Waals surface area contributed by atoms with Gasteiger partial charge in [0.15, 0.2) is 0 Å². The molecule has 2 rings (SSSR count). The number of nitrogen functional groups attached to an aromatic ring is 1. The molecule has 1 aromatic heterocycles. The van der Waals surface area contributed by atoms with Crippen molar-refractivity contribution in [3.8, 4) is 0 Å². The van der Waals surface area contributed by atoms with Crippen molar-refractivity contribution < 1.29 is 9.90 Å². The number of aryl methyl sites for hydroxylation is 2. The monoisotopic (exact) mass is 293 g/mol. The highest BCUT2D eigenvalue weighted by Gasteiger charge is 2.11. The first-order valence-electron chi connectivity index (χ1n) is 5.79. The van der Waals surface area contributed by atoms with Gasteiger partial charge in [0, 0.05) is 21.2 Å². The fraction of sp³-hybridized carbons (Fsp3) is 0.214. The van der Waals surface area contributed by atoms with Gasteiger partial charge in [-0.05, 0) is 43.2 Å². The number of anilines is 1. The number of hydrogen-bond donors (Lipinski definition) is 2. The molecule has 0 fully saturated rings. The smallest absolute Gasteiger partial charge is 0.345 e. The summed E-state index contributed by atoms with van der Waals surface area (Å²) < 4.78 is 0. The summed E-state index contributed by atoms with van der Waals surface area (Å²) in [7, 11) is 0. The van der Waals surface area contributed by atoms with Crippen LogP contribution in [-0.2, 0) is 5.75 Å². The van der Waals surface area contributed by atoms with E-state index in [9.17, 15) is 4.79 Å². The third-order valence-corrected chi connectivity index (χ3v) is 5.11. The Kier molecular flexibility index (Phi) is 4.17. The fourth-order valence-corrected chi connectivity index (χ4v) is 3.79. The third-order valence-electron chi connectivity index (χ3n) is 2.83. The molecule has 0 saturated heterocycles. The van der Waals surface area contributed by atoms with Gasteiger partial charge in [-0.2, -0.15) is 0 Å². The predicted octanol–water partition coefficient (Wildman–Crippen LogP) is 3.94. The molecule has 3 N–H and O–H groups in total. The van der Waals surface area contributed by atoms with E-state index in [1.54, 1.807) is 17.8 Å². The van der Waals surface area contributed by atoms with Crippen LogP contribution in [0.4, 0.5) is 5.69 Å². The highest BCUT2D eigenvalue weighted by Crippen LogP contribution is 2.31. The molecule has 5 heteroatoms. The maximum atomic E-state index is 10.9. The quantitative estimate of drug-likeness (QED) is 0.662. The van der Waals surface area contributed by atoms with E-state index in [-0.39, 0.29) is 0 Å². The Hall–Kier alpha value is -1.46. The van der Waals surface area contributed by atoms with Crippen molar-refractivity contribution in [2.24, 2.45) is 0 Å². The molecule has 0 aliphatic rings. The number of carboxylic acids is 1. The Morgan fingerprint density at radius 2 is 2.11 bits per heavy atom. The second-order valence-electron chi connectivity index (χ2n) is 4.31. The number of carbonyl (C=O) groups is 1. The van der Waals surface area contributed by atoms with E-state index in [2.05, 4.69) is 0 Å². The van der Waals surface area contributed by atoms with Crippen LogP contribution in [0.2, 0.25) is 0 Å². The number of thioether (sulfide) groups is 1. The van der Waals surface area contributed by atoms with Gasteiger partial charge in [0.25, 0.3) is 0 Å². The second-order valence-corrected chi connectivity index (χ2v) is 6.58. The first-order valence-corrected chi connectivity index (χ1v) is 7.59. The molecule has 0 atom stereocenters. The largest absolute Gasteiger partial charge is 0.477 e. The lowest BCUT2D eigenvalue weighted by Crippen LogP contribution is -1.90. The van der Waals surface area contributed by atoms with Crippen molar-refractivity contribution in [1.29, 1.82) is 0 Å². The molecule has 2 aromatic rings. The van der Waals surface area contributed by atoms with Gasteiger partial charge >= 0.3 is 5.97 Å². The molecule has 0 saturated carbocycles.